The second-order valence-electron chi connectivity index (χ2n) is 3.81. The summed E-state index contributed by atoms with van der Waals surface area (Å²) >= 11 is 0. The van der Waals surface area contributed by atoms with Crippen LogP contribution in [0.2, 0.25) is 0 Å². The van der Waals surface area contributed by atoms with Crippen molar-refractivity contribution in [1.29, 1.82) is 0 Å². The van der Waals surface area contributed by atoms with Crippen LogP contribution in [0.3, 0.4) is 0 Å². The lowest BCUT2D eigenvalue weighted by Gasteiger charge is -2.26. The van der Waals surface area contributed by atoms with Crippen LogP contribution in [0.4, 0.5) is 5.69 Å². The number of pyridine rings is 1. The molecule has 1 saturated heterocycles. The minimum Gasteiger partial charge on any atom is -0.387 e. The maximum Gasteiger partial charge on any atom is 0.257 e. The molecule has 1 aromatic heterocycles. The first-order valence-electron chi connectivity index (χ1n) is 5.48. The molecule has 0 aromatic carbocycles. The highest BCUT2D eigenvalue weighted by Gasteiger charge is 2.22. The van der Waals surface area contributed by atoms with Crippen LogP contribution in [0, 0.1) is 0 Å². The van der Waals surface area contributed by atoms with E-state index in [1.165, 1.54) is 0 Å². The zero-order valence-corrected chi connectivity index (χ0v) is 10.5. The Morgan fingerprint density at radius 1 is 1.47 bits per heavy atom. The number of aromatic nitrogens is 1. The fourth-order valence-corrected chi connectivity index (χ4v) is 2.85. The van der Waals surface area contributed by atoms with Crippen LogP contribution in [-0.2, 0) is 10.8 Å². The highest BCUT2D eigenvalue weighted by molar-refractivity contribution is 7.85. The Morgan fingerprint density at radius 2 is 2.18 bits per heavy atom. The predicted molar refractivity (Wildman–Crippen MR) is 67.6 cm³/mol. The van der Waals surface area contributed by atoms with Gasteiger partial charge in [-0.3, -0.25) is 14.0 Å². The molecule has 0 bridgehead atoms. The highest BCUT2D eigenvalue weighted by Crippen LogP contribution is 2.16. The Kier molecular flexibility index (Phi) is 3.73. The molecule has 1 amide bonds. The lowest BCUT2D eigenvalue weighted by Crippen LogP contribution is -2.42. The third-order valence-corrected chi connectivity index (χ3v) is 4.06. The molecular formula is C11H15N3O2S. The minimum absolute atomic E-state index is 0.0425. The molecule has 0 saturated carbocycles. The topological polar surface area (TPSA) is 62.3 Å². The van der Waals surface area contributed by atoms with Gasteiger partial charge < -0.3 is 10.2 Å². The number of nitrogens with one attached hydrogen (secondary N) is 1. The first kappa shape index (κ1) is 12.0. The van der Waals surface area contributed by atoms with E-state index >= 15 is 0 Å². The van der Waals surface area contributed by atoms with Crippen LogP contribution in [0.15, 0.2) is 18.5 Å². The van der Waals surface area contributed by atoms with Crippen LogP contribution < -0.4 is 5.32 Å². The molecule has 1 N–H and O–H groups in total. The Morgan fingerprint density at radius 3 is 2.82 bits per heavy atom. The van der Waals surface area contributed by atoms with Crippen LogP contribution in [0.25, 0.3) is 0 Å². The van der Waals surface area contributed by atoms with E-state index in [4.69, 9.17) is 0 Å². The predicted octanol–water partition coefficient (Wildman–Crippen LogP) is 0.328. The monoisotopic (exact) mass is 253 g/mol. The van der Waals surface area contributed by atoms with E-state index in [1.807, 2.05) is 0 Å². The van der Waals surface area contributed by atoms with E-state index in [9.17, 15) is 9.00 Å². The fourth-order valence-electron chi connectivity index (χ4n) is 1.79. The van der Waals surface area contributed by atoms with Gasteiger partial charge in [-0.25, -0.2) is 0 Å². The number of rotatable bonds is 2. The quantitative estimate of drug-likeness (QED) is 0.825. The van der Waals surface area contributed by atoms with E-state index in [2.05, 4.69) is 10.3 Å². The summed E-state index contributed by atoms with van der Waals surface area (Å²) in [6.07, 6.45) is 3.22. The molecule has 0 unspecified atom stereocenters. The average molecular weight is 253 g/mol. The summed E-state index contributed by atoms with van der Waals surface area (Å²) in [5, 5.41) is 2.98. The molecule has 6 heteroatoms. The van der Waals surface area contributed by atoms with Crippen molar-refractivity contribution in [3.8, 4) is 0 Å². The van der Waals surface area contributed by atoms with Crippen molar-refractivity contribution in [2.24, 2.45) is 0 Å². The largest absolute Gasteiger partial charge is 0.387 e. The number of anilines is 1. The van der Waals surface area contributed by atoms with Gasteiger partial charge in [0.25, 0.3) is 5.91 Å². The van der Waals surface area contributed by atoms with Gasteiger partial charge in [-0.2, -0.15) is 0 Å². The van der Waals surface area contributed by atoms with Gasteiger partial charge in [0, 0.05) is 60.5 Å². The number of nitrogens with zero attached hydrogens (tertiary/aromatic N) is 2. The summed E-state index contributed by atoms with van der Waals surface area (Å²) in [4.78, 5) is 17.9. The van der Waals surface area contributed by atoms with Crippen LogP contribution in [0.1, 0.15) is 10.4 Å². The third-order valence-electron chi connectivity index (χ3n) is 2.79. The number of amides is 1. The van der Waals surface area contributed by atoms with Crippen molar-refractivity contribution in [2.45, 2.75) is 0 Å². The summed E-state index contributed by atoms with van der Waals surface area (Å²) in [6, 6.07) is 1.77. The van der Waals surface area contributed by atoms with E-state index in [-0.39, 0.29) is 5.91 Å². The molecule has 2 rings (SSSR count). The molecule has 0 spiro atoms. The molecule has 92 valence electrons. The summed E-state index contributed by atoms with van der Waals surface area (Å²) in [5.41, 5.74) is 1.35. The molecule has 1 aliphatic heterocycles. The Labute approximate surface area is 103 Å². The van der Waals surface area contributed by atoms with Gasteiger partial charge in [0.1, 0.15) is 0 Å². The molecule has 17 heavy (non-hydrogen) atoms. The van der Waals surface area contributed by atoms with Crippen LogP contribution in [-0.4, -0.2) is 51.6 Å². The summed E-state index contributed by atoms with van der Waals surface area (Å²) in [6.45, 7) is 1.12. The molecule has 1 aliphatic rings. The lowest BCUT2D eigenvalue weighted by molar-refractivity contribution is 0.0772. The van der Waals surface area contributed by atoms with Crippen molar-refractivity contribution >= 4 is 22.4 Å². The number of hydrogen-bond donors (Lipinski definition) is 1. The molecule has 1 aromatic rings. The summed E-state index contributed by atoms with van der Waals surface area (Å²) < 4.78 is 11.2. The Balaban J connectivity index is 2.16. The number of carbonyl (C=O) groups excluding carboxylic acids is 1. The van der Waals surface area contributed by atoms with Gasteiger partial charge in [-0.1, -0.05) is 0 Å². The Bertz CT molecular complexity index is 440. The van der Waals surface area contributed by atoms with Crippen LogP contribution >= 0.6 is 0 Å². The molecule has 2 heterocycles. The van der Waals surface area contributed by atoms with E-state index in [0.29, 0.717) is 30.2 Å². The highest BCUT2D eigenvalue weighted by atomic mass is 32.2. The summed E-state index contributed by atoms with van der Waals surface area (Å²) in [7, 11) is 1.01. The maximum atomic E-state index is 12.2. The molecular weight excluding hydrogens is 238 g/mol. The molecule has 0 radical (unpaired) electrons. The maximum absolute atomic E-state index is 12.2. The van der Waals surface area contributed by atoms with Gasteiger partial charge in [0.2, 0.25) is 0 Å². The van der Waals surface area contributed by atoms with Gasteiger partial charge in [-0.15, -0.1) is 0 Å². The van der Waals surface area contributed by atoms with Gasteiger partial charge in [-0.05, 0) is 6.07 Å². The molecule has 1 fully saturated rings. The zero-order chi connectivity index (χ0) is 12.3. The fraction of sp³-hybridized carbons (Fsp3) is 0.455. The number of hydrogen-bond acceptors (Lipinski definition) is 4. The SMILES string of the molecule is CNc1ccncc1C(=O)N1CCS(=O)CC1. The van der Waals surface area contributed by atoms with Gasteiger partial charge in [0.05, 0.1) is 5.56 Å². The standard InChI is InChI=1S/C11H15N3O2S/c1-12-10-2-3-13-8-9(10)11(15)14-4-6-17(16)7-5-14/h2-3,8H,4-7H2,1H3,(H,12,13). The molecule has 0 atom stereocenters. The minimum atomic E-state index is -0.766. The van der Waals surface area contributed by atoms with Crippen molar-refractivity contribution in [3.05, 3.63) is 24.0 Å². The smallest absolute Gasteiger partial charge is 0.257 e. The van der Waals surface area contributed by atoms with E-state index < -0.39 is 10.8 Å². The van der Waals surface area contributed by atoms with Crippen molar-refractivity contribution in [3.63, 3.8) is 0 Å². The first-order chi connectivity index (χ1) is 8.22. The average Bonchev–Trinajstić information content (AvgIpc) is 2.39. The molecule has 5 nitrogen and oxygen atoms in total. The normalized spacial score (nSPS) is 16.9. The second-order valence-corrected chi connectivity index (χ2v) is 5.51. The first-order valence-corrected chi connectivity index (χ1v) is 6.97. The second kappa shape index (κ2) is 5.27. The van der Waals surface area contributed by atoms with Gasteiger partial charge in [0.15, 0.2) is 0 Å². The number of carbonyl (C=O) groups is 1. The van der Waals surface area contributed by atoms with Crippen molar-refractivity contribution in [2.75, 3.05) is 37.0 Å². The van der Waals surface area contributed by atoms with Crippen molar-refractivity contribution in [1.82, 2.24) is 9.88 Å². The van der Waals surface area contributed by atoms with Gasteiger partial charge >= 0.3 is 0 Å². The molecule has 0 aliphatic carbocycles. The Hall–Kier alpha value is -1.43. The van der Waals surface area contributed by atoms with Crippen LogP contribution in [0.5, 0.6) is 0 Å². The van der Waals surface area contributed by atoms with E-state index in [0.717, 1.165) is 5.69 Å². The third kappa shape index (κ3) is 2.63. The van der Waals surface area contributed by atoms with E-state index in [1.54, 1.807) is 30.4 Å². The summed E-state index contributed by atoms with van der Waals surface area (Å²) in [5.74, 6) is 1.10. The van der Waals surface area contributed by atoms with Crippen molar-refractivity contribution < 1.29 is 9.00 Å². The lowest BCUT2D eigenvalue weighted by atomic mass is 10.2. The zero-order valence-electron chi connectivity index (χ0n) is 9.68.